The largest absolute Gasteiger partial charge is 0.369 e. The van der Waals surface area contributed by atoms with Crippen LogP contribution >= 0.6 is 0 Å². The van der Waals surface area contributed by atoms with Crippen molar-refractivity contribution in [2.75, 3.05) is 37.7 Å². The van der Waals surface area contributed by atoms with Crippen molar-refractivity contribution in [3.8, 4) is 0 Å². The third-order valence-electron chi connectivity index (χ3n) is 3.55. The minimum Gasteiger partial charge on any atom is -0.369 e. The lowest BCUT2D eigenvalue weighted by Gasteiger charge is -2.24. The number of carbonyl (C=O) groups is 1. The molecule has 5 heteroatoms. The quantitative estimate of drug-likeness (QED) is 0.837. The Hall–Kier alpha value is -1.62. The number of ether oxygens (including phenoxy) is 1. The predicted octanol–water partition coefficient (Wildman–Crippen LogP) is 1.55. The highest BCUT2D eigenvalue weighted by Crippen LogP contribution is 2.13. The van der Waals surface area contributed by atoms with Crippen molar-refractivity contribution in [2.45, 2.75) is 26.4 Å². The molecule has 1 aliphatic heterocycles. The summed E-state index contributed by atoms with van der Waals surface area (Å²) in [4.78, 5) is 20.8. The van der Waals surface area contributed by atoms with Crippen LogP contribution in [0.3, 0.4) is 0 Å². The summed E-state index contributed by atoms with van der Waals surface area (Å²) in [6, 6.07) is 5.93. The Morgan fingerprint density at radius 1 is 1.35 bits per heavy atom. The number of rotatable bonds is 4. The van der Waals surface area contributed by atoms with Crippen molar-refractivity contribution >= 4 is 11.7 Å². The molecule has 5 nitrogen and oxygen atoms in total. The van der Waals surface area contributed by atoms with Crippen LogP contribution < -0.4 is 4.90 Å². The van der Waals surface area contributed by atoms with Crippen LogP contribution in [0.2, 0.25) is 0 Å². The Morgan fingerprint density at radius 2 is 2.20 bits per heavy atom. The summed E-state index contributed by atoms with van der Waals surface area (Å²) in [7, 11) is 0. The summed E-state index contributed by atoms with van der Waals surface area (Å²) >= 11 is 0. The van der Waals surface area contributed by atoms with E-state index < -0.39 is 0 Å². The highest BCUT2D eigenvalue weighted by atomic mass is 16.5. The normalized spacial score (nSPS) is 17.7. The minimum atomic E-state index is -0.346. The Balaban J connectivity index is 1.94. The van der Waals surface area contributed by atoms with Crippen LogP contribution in [-0.2, 0) is 9.53 Å². The van der Waals surface area contributed by atoms with Gasteiger partial charge in [-0.1, -0.05) is 6.07 Å². The zero-order chi connectivity index (χ0) is 14.4. The zero-order valence-electron chi connectivity index (χ0n) is 12.3. The van der Waals surface area contributed by atoms with Gasteiger partial charge < -0.3 is 14.5 Å². The van der Waals surface area contributed by atoms with Crippen LogP contribution in [0.25, 0.3) is 0 Å². The standard InChI is InChI=1S/C15H23N3O2/c1-3-20-13(2)15(19)18-10-6-9-17(11-12-18)14-7-4-5-8-16-14/h4-5,7-8,13H,3,6,9-12H2,1-2H3/t13-/m1/s1. The number of hydrogen-bond donors (Lipinski definition) is 0. The number of anilines is 1. The van der Waals surface area contributed by atoms with Crippen LogP contribution in [0.5, 0.6) is 0 Å². The van der Waals surface area contributed by atoms with Gasteiger partial charge >= 0.3 is 0 Å². The molecule has 0 bridgehead atoms. The smallest absolute Gasteiger partial charge is 0.251 e. The molecule has 1 aromatic heterocycles. The van der Waals surface area contributed by atoms with Crippen molar-refractivity contribution < 1.29 is 9.53 Å². The van der Waals surface area contributed by atoms with Crippen LogP contribution in [-0.4, -0.2) is 54.7 Å². The van der Waals surface area contributed by atoms with Gasteiger partial charge in [-0.25, -0.2) is 4.98 Å². The zero-order valence-corrected chi connectivity index (χ0v) is 12.3. The molecule has 0 saturated carbocycles. The average molecular weight is 277 g/mol. The van der Waals surface area contributed by atoms with Crippen LogP contribution in [0.15, 0.2) is 24.4 Å². The second-order valence-electron chi connectivity index (χ2n) is 4.95. The molecular weight excluding hydrogens is 254 g/mol. The second kappa shape index (κ2) is 7.24. The van der Waals surface area contributed by atoms with Gasteiger partial charge in [-0.15, -0.1) is 0 Å². The molecule has 1 saturated heterocycles. The molecule has 0 spiro atoms. The van der Waals surface area contributed by atoms with Crippen LogP contribution in [0, 0.1) is 0 Å². The summed E-state index contributed by atoms with van der Waals surface area (Å²) in [5.41, 5.74) is 0. The van der Waals surface area contributed by atoms with E-state index in [1.807, 2.05) is 36.9 Å². The van der Waals surface area contributed by atoms with Gasteiger partial charge in [-0.3, -0.25) is 4.79 Å². The van der Waals surface area contributed by atoms with E-state index in [2.05, 4.69) is 9.88 Å². The molecule has 110 valence electrons. The average Bonchev–Trinajstić information content (AvgIpc) is 2.73. The van der Waals surface area contributed by atoms with E-state index in [9.17, 15) is 4.79 Å². The summed E-state index contributed by atoms with van der Waals surface area (Å²) in [6.45, 7) is 7.58. The van der Waals surface area contributed by atoms with Gasteiger partial charge in [0.25, 0.3) is 5.91 Å². The summed E-state index contributed by atoms with van der Waals surface area (Å²) in [5.74, 6) is 1.08. The summed E-state index contributed by atoms with van der Waals surface area (Å²) < 4.78 is 5.39. The molecule has 2 heterocycles. The lowest BCUT2D eigenvalue weighted by Crippen LogP contribution is -2.41. The molecule has 1 aromatic rings. The molecule has 2 rings (SSSR count). The lowest BCUT2D eigenvalue weighted by atomic mass is 10.3. The third kappa shape index (κ3) is 3.70. The summed E-state index contributed by atoms with van der Waals surface area (Å²) in [6.07, 6.45) is 2.42. The number of hydrogen-bond acceptors (Lipinski definition) is 4. The van der Waals surface area contributed by atoms with Crippen molar-refractivity contribution in [1.82, 2.24) is 9.88 Å². The van der Waals surface area contributed by atoms with Crippen molar-refractivity contribution in [3.63, 3.8) is 0 Å². The Bertz CT molecular complexity index is 424. The van der Waals surface area contributed by atoms with Gasteiger partial charge in [0.15, 0.2) is 0 Å². The van der Waals surface area contributed by atoms with E-state index in [0.717, 1.165) is 38.4 Å². The summed E-state index contributed by atoms with van der Waals surface area (Å²) in [5, 5.41) is 0. The highest BCUT2D eigenvalue weighted by Gasteiger charge is 2.23. The maximum Gasteiger partial charge on any atom is 0.251 e. The molecule has 1 amide bonds. The molecule has 1 aliphatic rings. The molecule has 1 fully saturated rings. The van der Waals surface area contributed by atoms with E-state index in [1.165, 1.54) is 0 Å². The maximum atomic E-state index is 12.3. The number of amides is 1. The number of aromatic nitrogens is 1. The molecule has 0 radical (unpaired) electrons. The van der Waals surface area contributed by atoms with Gasteiger partial charge in [-0.05, 0) is 32.4 Å². The molecule has 0 aromatic carbocycles. The highest BCUT2D eigenvalue weighted by molar-refractivity contribution is 5.80. The van der Waals surface area contributed by atoms with Crippen LogP contribution in [0.4, 0.5) is 5.82 Å². The van der Waals surface area contributed by atoms with Gasteiger partial charge in [0, 0.05) is 39.0 Å². The fourth-order valence-corrected chi connectivity index (χ4v) is 2.49. The molecule has 1 atom stereocenters. The maximum absolute atomic E-state index is 12.3. The van der Waals surface area contributed by atoms with Gasteiger partial charge in [0.1, 0.15) is 11.9 Å². The van der Waals surface area contributed by atoms with E-state index in [-0.39, 0.29) is 12.0 Å². The topological polar surface area (TPSA) is 45.7 Å². The first-order chi connectivity index (χ1) is 9.72. The first kappa shape index (κ1) is 14.8. The van der Waals surface area contributed by atoms with E-state index >= 15 is 0 Å². The molecule has 20 heavy (non-hydrogen) atoms. The Labute approximate surface area is 120 Å². The van der Waals surface area contributed by atoms with Gasteiger partial charge in [-0.2, -0.15) is 0 Å². The number of pyridine rings is 1. The van der Waals surface area contributed by atoms with Crippen molar-refractivity contribution in [2.24, 2.45) is 0 Å². The second-order valence-corrected chi connectivity index (χ2v) is 4.95. The minimum absolute atomic E-state index is 0.0923. The Kier molecular flexibility index (Phi) is 5.35. The number of carbonyl (C=O) groups excluding carboxylic acids is 1. The van der Waals surface area contributed by atoms with Crippen molar-refractivity contribution in [1.29, 1.82) is 0 Å². The van der Waals surface area contributed by atoms with E-state index in [4.69, 9.17) is 4.74 Å². The first-order valence-corrected chi connectivity index (χ1v) is 7.28. The first-order valence-electron chi connectivity index (χ1n) is 7.28. The molecule has 0 aliphatic carbocycles. The van der Waals surface area contributed by atoms with E-state index in [0.29, 0.717) is 6.61 Å². The fraction of sp³-hybridized carbons (Fsp3) is 0.600. The molecule has 0 unspecified atom stereocenters. The van der Waals surface area contributed by atoms with Gasteiger partial charge in [0.2, 0.25) is 0 Å². The monoisotopic (exact) mass is 277 g/mol. The Morgan fingerprint density at radius 3 is 2.90 bits per heavy atom. The number of nitrogens with zero attached hydrogens (tertiary/aromatic N) is 3. The SMILES string of the molecule is CCO[C@H](C)C(=O)N1CCCN(c2ccccn2)CC1. The lowest BCUT2D eigenvalue weighted by molar-refractivity contribution is -0.142. The van der Waals surface area contributed by atoms with Gasteiger partial charge in [0.05, 0.1) is 0 Å². The van der Waals surface area contributed by atoms with E-state index in [1.54, 1.807) is 6.20 Å². The third-order valence-corrected chi connectivity index (χ3v) is 3.55. The predicted molar refractivity (Wildman–Crippen MR) is 78.7 cm³/mol. The van der Waals surface area contributed by atoms with Crippen LogP contribution in [0.1, 0.15) is 20.3 Å². The molecule has 0 N–H and O–H groups in total. The fourth-order valence-electron chi connectivity index (χ4n) is 2.49. The molecular formula is C15H23N3O2. The van der Waals surface area contributed by atoms with Crippen molar-refractivity contribution in [3.05, 3.63) is 24.4 Å².